The molecule has 17 heavy (non-hydrogen) atoms. The van der Waals surface area contributed by atoms with Crippen molar-refractivity contribution in [1.29, 1.82) is 5.26 Å². The van der Waals surface area contributed by atoms with Crippen LogP contribution in [-0.2, 0) is 6.42 Å². The summed E-state index contributed by atoms with van der Waals surface area (Å²) in [5, 5.41) is 8.89. The van der Waals surface area contributed by atoms with Crippen molar-refractivity contribution in [3.63, 3.8) is 0 Å². The number of hydrogen-bond acceptors (Lipinski definition) is 4. The molecular weight excluding hydrogens is 212 g/mol. The zero-order valence-electron chi connectivity index (χ0n) is 10.2. The van der Waals surface area contributed by atoms with Gasteiger partial charge >= 0.3 is 0 Å². The lowest BCUT2D eigenvalue weighted by Crippen LogP contribution is -2.31. The van der Waals surface area contributed by atoms with Crippen LogP contribution in [0.3, 0.4) is 0 Å². The molecule has 2 atom stereocenters. The van der Waals surface area contributed by atoms with E-state index in [0.717, 1.165) is 37.9 Å². The van der Waals surface area contributed by atoms with Crippen LogP contribution in [0.25, 0.3) is 0 Å². The number of hydrogen-bond donors (Lipinski definition) is 0. The van der Waals surface area contributed by atoms with E-state index in [9.17, 15) is 0 Å². The first kappa shape index (κ1) is 12.0. The molecule has 1 aromatic rings. The predicted octanol–water partition coefficient (Wildman–Crippen LogP) is 1.64. The van der Waals surface area contributed by atoms with Gasteiger partial charge in [-0.1, -0.05) is 0 Å². The SMILES string of the molecule is CN(CCc1cnccn1)C1CCC(C#N)C1. The van der Waals surface area contributed by atoms with Crippen molar-refractivity contribution < 1.29 is 0 Å². The molecule has 90 valence electrons. The Kier molecular flexibility index (Phi) is 4.05. The predicted molar refractivity (Wildman–Crippen MR) is 65.1 cm³/mol. The molecule has 0 aromatic carbocycles. The van der Waals surface area contributed by atoms with Crippen LogP contribution in [-0.4, -0.2) is 34.5 Å². The maximum absolute atomic E-state index is 8.89. The number of rotatable bonds is 4. The summed E-state index contributed by atoms with van der Waals surface area (Å²) in [4.78, 5) is 10.7. The summed E-state index contributed by atoms with van der Waals surface area (Å²) in [6.07, 6.45) is 9.40. The van der Waals surface area contributed by atoms with Crippen molar-refractivity contribution in [2.75, 3.05) is 13.6 Å². The zero-order valence-corrected chi connectivity index (χ0v) is 10.2. The molecule has 0 bridgehead atoms. The molecule has 0 amide bonds. The Labute approximate surface area is 102 Å². The molecule has 1 aliphatic rings. The highest BCUT2D eigenvalue weighted by molar-refractivity contribution is 4.97. The second kappa shape index (κ2) is 5.74. The minimum Gasteiger partial charge on any atom is -0.303 e. The normalized spacial score (nSPS) is 23.8. The highest BCUT2D eigenvalue weighted by Crippen LogP contribution is 2.27. The standard InChI is InChI=1S/C13H18N4/c1-17(13-3-2-11(8-13)9-14)7-4-12-10-15-5-6-16-12/h5-6,10-11,13H,2-4,7-8H2,1H3. The van der Waals surface area contributed by atoms with E-state index >= 15 is 0 Å². The average Bonchev–Trinajstić information content (AvgIpc) is 2.86. The maximum atomic E-state index is 8.89. The Morgan fingerprint density at radius 2 is 2.35 bits per heavy atom. The van der Waals surface area contributed by atoms with Gasteiger partial charge in [-0.15, -0.1) is 0 Å². The van der Waals surface area contributed by atoms with Crippen molar-refractivity contribution in [2.45, 2.75) is 31.7 Å². The Bertz CT molecular complexity index is 384. The minimum absolute atomic E-state index is 0.263. The first-order valence-electron chi connectivity index (χ1n) is 6.14. The molecule has 2 rings (SSSR count). The lowest BCUT2D eigenvalue weighted by Gasteiger charge is -2.23. The van der Waals surface area contributed by atoms with Crippen molar-refractivity contribution in [3.8, 4) is 6.07 Å². The molecule has 1 aromatic heterocycles. The van der Waals surface area contributed by atoms with Gasteiger partial charge in [-0.2, -0.15) is 5.26 Å². The summed E-state index contributed by atoms with van der Waals surface area (Å²) in [5.41, 5.74) is 1.04. The summed E-state index contributed by atoms with van der Waals surface area (Å²) in [7, 11) is 2.14. The Morgan fingerprint density at radius 3 is 3.00 bits per heavy atom. The van der Waals surface area contributed by atoms with Gasteiger partial charge in [-0.3, -0.25) is 9.97 Å². The number of nitriles is 1. The van der Waals surface area contributed by atoms with E-state index in [4.69, 9.17) is 5.26 Å². The van der Waals surface area contributed by atoms with Gasteiger partial charge in [0.15, 0.2) is 0 Å². The quantitative estimate of drug-likeness (QED) is 0.789. The molecule has 0 N–H and O–H groups in total. The third-order valence-corrected chi connectivity index (χ3v) is 3.55. The molecule has 0 saturated heterocycles. The highest BCUT2D eigenvalue weighted by atomic mass is 15.1. The second-order valence-corrected chi connectivity index (χ2v) is 4.72. The van der Waals surface area contributed by atoms with Crippen molar-refractivity contribution in [3.05, 3.63) is 24.3 Å². The van der Waals surface area contributed by atoms with E-state index in [1.54, 1.807) is 12.4 Å². The van der Waals surface area contributed by atoms with Crippen LogP contribution in [0.2, 0.25) is 0 Å². The second-order valence-electron chi connectivity index (χ2n) is 4.72. The fourth-order valence-electron chi connectivity index (χ4n) is 2.41. The van der Waals surface area contributed by atoms with Gasteiger partial charge in [0.2, 0.25) is 0 Å². The van der Waals surface area contributed by atoms with E-state index in [0.29, 0.717) is 6.04 Å². The summed E-state index contributed by atoms with van der Waals surface area (Å²) in [6, 6.07) is 2.94. The molecule has 1 aliphatic carbocycles. The average molecular weight is 230 g/mol. The molecule has 0 aliphatic heterocycles. The summed E-state index contributed by atoms with van der Waals surface area (Å²) in [5.74, 6) is 0.263. The van der Waals surface area contributed by atoms with Crippen molar-refractivity contribution in [1.82, 2.24) is 14.9 Å². The third-order valence-electron chi connectivity index (χ3n) is 3.55. The van der Waals surface area contributed by atoms with Crippen LogP contribution >= 0.6 is 0 Å². The molecule has 2 unspecified atom stereocenters. The summed E-state index contributed by atoms with van der Waals surface area (Å²) in [6.45, 7) is 0.988. The van der Waals surface area contributed by atoms with Crippen molar-refractivity contribution in [2.24, 2.45) is 5.92 Å². The molecule has 1 fully saturated rings. The molecule has 4 heteroatoms. The molecule has 0 radical (unpaired) electrons. The monoisotopic (exact) mass is 230 g/mol. The number of nitrogens with zero attached hydrogens (tertiary/aromatic N) is 4. The van der Waals surface area contributed by atoms with Gasteiger partial charge in [0.05, 0.1) is 11.8 Å². The molecule has 0 spiro atoms. The number of likely N-dealkylation sites (N-methyl/N-ethyl adjacent to an activating group) is 1. The van der Waals surface area contributed by atoms with Crippen LogP contribution < -0.4 is 0 Å². The number of aromatic nitrogens is 2. The largest absolute Gasteiger partial charge is 0.303 e. The molecule has 1 saturated carbocycles. The van der Waals surface area contributed by atoms with E-state index < -0.39 is 0 Å². The van der Waals surface area contributed by atoms with Gasteiger partial charge in [0, 0.05) is 43.5 Å². The van der Waals surface area contributed by atoms with Gasteiger partial charge in [-0.25, -0.2) is 0 Å². The zero-order chi connectivity index (χ0) is 12.1. The fourth-order valence-corrected chi connectivity index (χ4v) is 2.41. The topological polar surface area (TPSA) is 52.8 Å². The molecule has 4 nitrogen and oxygen atoms in total. The van der Waals surface area contributed by atoms with Gasteiger partial charge in [0.1, 0.15) is 0 Å². The van der Waals surface area contributed by atoms with E-state index in [-0.39, 0.29) is 5.92 Å². The smallest absolute Gasteiger partial charge is 0.0656 e. The van der Waals surface area contributed by atoms with Gasteiger partial charge in [-0.05, 0) is 26.3 Å². The lowest BCUT2D eigenvalue weighted by molar-refractivity contribution is 0.245. The van der Waals surface area contributed by atoms with Crippen molar-refractivity contribution >= 4 is 0 Å². The third kappa shape index (κ3) is 3.24. The minimum atomic E-state index is 0.263. The summed E-state index contributed by atoms with van der Waals surface area (Å²) < 4.78 is 0. The van der Waals surface area contributed by atoms with E-state index in [2.05, 4.69) is 28.0 Å². The Balaban J connectivity index is 1.79. The lowest BCUT2D eigenvalue weighted by atomic mass is 10.1. The van der Waals surface area contributed by atoms with Crippen LogP contribution in [0, 0.1) is 17.2 Å². The van der Waals surface area contributed by atoms with E-state index in [1.807, 2.05) is 6.20 Å². The molecular formula is C13H18N4. The first-order valence-corrected chi connectivity index (χ1v) is 6.14. The van der Waals surface area contributed by atoms with Crippen LogP contribution in [0.4, 0.5) is 0 Å². The Morgan fingerprint density at radius 1 is 1.47 bits per heavy atom. The van der Waals surface area contributed by atoms with Gasteiger partial charge < -0.3 is 4.90 Å². The first-order chi connectivity index (χ1) is 8.29. The van der Waals surface area contributed by atoms with Crippen LogP contribution in [0.15, 0.2) is 18.6 Å². The molecule has 1 heterocycles. The van der Waals surface area contributed by atoms with Crippen LogP contribution in [0.5, 0.6) is 0 Å². The van der Waals surface area contributed by atoms with Gasteiger partial charge in [0.25, 0.3) is 0 Å². The van der Waals surface area contributed by atoms with Crippen LogP contribution in [0.1, 0.15) is 25.0 Å². The fraction of sp³-hybridized carbons (Fsp3) is 0.615. The Hall–Kier alpha value is -1.47. The maximum Gasteiger partial charge on any atom is 0.0656 e. The highest BCUT2D eigenvalue weighted by Gasteiger charge is 2.26. The van der Waals surface area contributed by atoms with E-state index in [1.165, 1.54) is 0 Å². The summed E-state index contributed by atoms with van der Waals surface area (Å²) >= 11 is 0.